The molecular formula is C19H22ClNO3. The lowest BCUT2D eigenvalue weighted by Gasteiger charge is -2.18. The van der Waals surface area contributed by atoms with Gasteiger partial charge in [-0.15, -0.1) is 0 Å². The summed E-state index contributed by atoms with van der Waals surface area (Å²) >= 11 is 5.83. The van der Waals surface area contributed by atoms with Crippen LogP contribution >= 0.6 is 11.6 Å². The molecule has 4 nitrogen and oxygen atoms in total. The number of hydrogen-bond acceptors (Lipinski definition) is 3. The molecule has 24 heavy (non-hydrogen) atoms. The number of methoxy groups -OCH3 is 1. The third kappa shape index (κ3) is 5.17. The molecule has 0 aliphatic carbocycles. The van der Waals surface area contributed by atoms with Crippen LogP contribution in [-0.2, 0) is 0 Å². The van der Waals surface area contributed by atoms with Gasteiger partial charge in [-0.2, -0.15) is 0 Å². The summed E-state index contributed by atoms with van der Waals surface area (Å²) < 4.78 is 10.9. The highest BCUT2D eigenvalue weighted by Crippen LogP contribution is 2.19. The van der Waals surface area contributed by atoms with Crippen LogP contribution < -0.4 is 9.47 Å². The van der Waals surface area contributed by atoms with Crippen molar-refractivity contribution in [3.05, 3.63) is 59.1 Å². The van der Waals surface area contributed by atoms with Crippen molar-refractivity contribution in [2.24, 2.45) is 0 Å². The van der Waals surface area contributed by atoms with E-state index >= 15 is 0 Å². The Labute approximate surface area is 147 Å². The number of carbonyl (C=O) groups excluding carboxylic acids is 1. The molecule has 0 N–H and O–H groups in total. The second-order valence-corrected chi connectivity index (χ2v) is 5.87. The molecule has 0 aliphatic heterocycles. The van der Waals surface area contributed by atoms with Gasteiger partial charge < -0.3 is 14.4 Å². The fourth-order valence-corrected chi connectivity index (χ4v) is 2.43. The van der Waals surface area contributed by atoms with Gasteiger partial charge in [0.1, 0.15) is 11.5 Å². The van der Waals surface area contributed by atoms with Crippen LogP contribution in [0.15, 0.2) is 48.5 Å². The Balaban J connectivity index is 1.73. The molecule has 0 aromatic heterocycles. The molecule has 5 heteroatoms. The first-order valence-electron chi connectivity index (χ1n) is 7.88. The van der Waals surface area contributed by atoms with Gasteiger partial charge >= 0.3 is 0 Å². The van der Waals surface area contributed by atoms with Gasteiger partial charge in [0.25, 0.3) is 5.91 Å². The summed E-state index contributed by atoms with van der Waals surface area (Å²) in [7, 11) is 3.37. The van der Waals surface area contributed by atoms with E-state index in [1.54, 1.807) is 43.3 Å². The smallest absolute Gasteiger partial charge is 0.257 e. The van der Waals surface area contributed by atoms with Crippen molar-refractivity contribution in [1.82, 2.24) is 4.90 Å². The molecule has 0 saturated heterocycles. The van der Waals surface area contributed by atoms with Crippen LogP contribution in [-0.4, -0.2) is 38.1 Å². The van der Waals surface area contributed by atoms with Crippen LogP contribution in [0.2, 0.25) is 5.02 Å². The summed E-state index contributed by atoms with van der Waals surface area (Å²) in [5, 5.41) is 0.693. The monoisotopic (exact) mass is 347 g/mol. The number of para-hydroxylation sites is 1. The zero-order valence-corrected chi connectivity index (χ0v) is 14.8. The molecule has 0 spiro atoms. The zero-order valence-electron chi connectivity index (χ0n) is 14.0. The van der Waals surface area contributed by atoms with Crippen LogP contribution in [0.4, 0.5) is 0 Å². The largest absolute Gasteiger partial charge is 0.496 e. The van der Waals surface area contributed by atoms with Gasteiger partial charge in [0.05, 0.1) is 19.3 Å². The van der Waals surface area contributed by atoms with Gasteiger partial charge in [-0.1, -0.05) is 23.7 Å². The quantitative estimate of drug-likeness (QED) is 0.669. The van der Waals surface area contributed by atoms with Crippen LogP contribution in [0.25, 0.3) is 0 Å². The molecule has 1 amide bonds. The van der Waals surface area contributed by atoms with Crippen molar-refractivity contribution < 1.29 is 14.3 Å². The fraction of sp³-hybridized carbons (Fsp3) is 0.316. The Hall–Kier alpha value is -2.20. The number of hydrogen-bond donors (Lipinski definition) is 0. The van der Waals surface area contributed by atoms with Crippen molar-refractivity contribution in [3.8, 4) is 11.5 Å². The third-order valence-electron chi connectivity index (χ3n) is 3.65. The van der Waals surface area contributed by atoms with E-state index in [0.29, 0.717) is 29.5 Å². The van der Waals surface area contributed by atoms with E-state index in [4.69, 9.17) is 21.1 Å². The van der Waals surface area contributed by atoms with E-state index in [1.807, 2.05) is 24.3 Å². The fourth-order valence-electron chi connectivity index (χ4n) is 2.30. The van der Waals surface area contributed by atoms with Gasteiger partial charge in [0.15, 0.2) is 0 Å². The predicted octanol–water partition coefficient (Wildman–Crippen LogP) is 4.28. The summed E-state index contributed by atoms with van der Waals surface area (Å²) in [5.41, 5.74) is 0.583. The normalized spacial score (nSPS) is 10.3. The lowest BCUT2D eigenvalue weighted by molar-refractivity contribution is 0.0787. The number of halogens is 1. The summed E-state index contributed by atoms with van der Waals surface area (Å²) in [5.74, 6) is 1.37. The number of nitrogens with zero attached hydrogens (tertiary/aromatic N) is 1. The molecular weight excluding hydrogens is 326 g/mol. The van der Waals surface area contributed by atoms with Crippen LogP contribution in [0, 0.1) is 0 Å². The summed E-state index contributed by atoms with van der Waals surface area (Å²) in [6, 6.07) is 14.6. The zero-order chi connectivity index (χ0) is 17.4. The summed E-state index contributed by atoms with van der Waals surface area (Å²) in [6.07, 6.45) is 1.73. The highest BCUT2D eigenvalue weighted by atomic mass is 35.5. The molecule has 0 bridgehead atoms. The Morgan fingerprint density at radius 2 is 1.79 bits per heavy atom. The molecule has 2 aromatic carbocycles. The highest BCUT2D eigenvalue weighted by Gasteiger charge is 2.15. The first-order valence-corrected chi connectivity index (χ1v) is 8.26. The van der Waals surface area contributed by atoms with Gasteiger partial charge in [-0.3, -0.25) is 4.79 Å². The number of rotatable bonds is 8. The van der Waals surface area contributed by atoms with E-state index < -0.39 is 0 Å². The van der Waals surface area contributed by atoms with Crippen molar-refractivity contribution in [2.45, 2.75) is 12.8 Å². The van der Waals surface area contributed by atoms with Crippen LogP contribution in [0.3, 0.4) is 0 Å². The topological polar surface area (TPSA) is 38.8 Å². The van der Waals surface area contributed by atoms with E-state index in [0.717, 1.165) is 18.6 Å². The van der Waals surface area contributed by atoms with E-state index in [1.165, 1.54) is 0 Å². The minimum absolute atomic E-state index is 0.0360. The second-order valence-electron chi connectivity index (χ2n) is 5.44. The van der Waals surface area contributed by atoms with Crippen molar-refractivity contribution >= 4 is 17.5 Å². The molecule has 128 valence electrons. The minimum Gasteiger partial charge on any atom is -0.496 e. The van der Waals surface area contributed by atoms with Crippen molar-refractivity contribution in [2.75, 3.05) is 27.3 Å². The predicted molar refractivity (Wildman–Crippen MR) is 96.1 cm³/mol. The lowest BCUT2D eigenvalue weighted by atomic mass is 10.1. The highest BCUT2D eigenvalue weighted by molar-refractivity contribution is 6.30. The first-order chi connectivity index (χ1) is 11.6. The van der Waals surface area contributed by atoms with Gasteiger partial charge in [-0.25, -0.2) is 0 Å². The Morgan fingerprint density at radius 1 is 1.08 bits per heavy atom. The van der Waals surface area contributed by atoms with Gasteiger partial charge in [0, 0.05) is 18.6 Å². The Kier molecular flexibility index (Phi) is 6.94. The number of unbranched alkanes of at least 4 members (excludes halogenated alkanes) is 1. The molecule has 0 radical (unpaired) electrons. The van der Waals surface area contributed by atoms with Crippen molar-refractivity contribution in [1.29, 1.82) is 0 Å². The molecule has 0 atom stereocenters. The van der Waals surface area contributed by atoms with Crippen LogP contribution in [0.5, 0.6) is 11.5 Å². The van der Waals surface area contributed by atoms with E-state index in [2.05, 4.69) is 0 Å². The van der Waals surface area contributed by atoms with Gasteiger partial charge in [-0.05, 0) is 49.2 Å². The minimum atomic E-state index is -0.0360. The molecule has 0 fully saturated rings. The van der Waals surface area contributed by atoms with Crippen molar-refractivity contribution in [3.63, 3.8) is 0 Å². The maximum atomic E-state index is 12.4. The second kappa shape index (κ2) is 9.18. The third-order valence-corrected chi connectivity index (χ3v) is 3.91. The first kappa shape index (κ1) is 18.1. The summed E-state index contributed by atoms with van der Waals surface area (Å²) in [4.78, 5) is 14.2. The lowest BCUT2D eigenvalue weighted by Crippen LogP contribution is -2.28. The number of benzene rings is 2. The Morgan fingerprint density at radius 3 is 2.50 bits per heavy atom. The molecule has 0 unspecified atom stereocenters. The summed E-state index contributed by atoms with van der Waals surface area (Å²) in [6.45, 7) is 1.28. The van der Waals surface area contributed by atoms with E-state index in [-0.39, 0.29) is 5.91 Å². The maximum Gasteiger partial charge on any atom is 0.257 e. The average molecular weight is 348 g/mol. The van der Waals surface area contributed by atoms with Gasteiger partial charge in [0.2, 0.25) is 0 Å². The molecule has 0 heterocycles. The van der Waals surface area contributed by atoms with E-state index in [9.17, 15) is 4.79 Å². The molecule has 0 aliphatic rings. The molecule has 2 rings (SSSR count). The molecule has 2 aromatic rings. The number of carbonyl (C=O) groups is 1. The Bertz CT molecular complexity index is 658. The number of amides is 1. The standard InChI is InChI=1S/C19H22ClNO3/c1-21(19(22)17-7-3-4-8-18(17)23-2)13-5-6-14-24-16-11-9-15(20)10-12-16/h3-4,7-12H,5-6,13-14H2,1-2H3. The SMILES string of the molecule is COc1ccccc1C(=O)N(C)CCCCOc1ccc(Cl)cc1. The number of ether oxygens (including phenoxy) is 2. The molecule has 0 saturated carbocycles. The maximum absolute atomic E-state index is 12.4. The average Bonchev–Trinajstić information content (AvgIpc) is 2.62. The van der Waals surface area contributed by atoms with Crippen LogP contribution in [0.1, 0.15) is 23.2 Å².